The predicted octanol–water partition coefficient (Wildman–Crippen LogP) is 1.62. The summed E-state index contributed by atoms with van der Waals surface area (Å²) in [6.07, 6.45) is 5.34. The standard InChI is InChI=1S/C15H19N7/c1-2-17-7-8-18-12-4-5-19-14-13(12)10(9-21-14)11-3-6-20-15(16)22-11/h3-6,9,17H,2,7-8H2,1H3,(H2,16,20,22)(H2,18,19,21). The molecular formula is C15H19N7. The van der Waals surface area contributed by atoms with Crippen molar-refractivity contribution >= 4 is 22.7 Å². The molecule has 114 valence electrons. The molecule has 0 aliphatic carbocycles. The summed E-state index contributed by atoms with van der Waals surface area (Å²) in [4.78, 5) is 15.8. The van der Waals surface area contributed by atoms with Crippen molar-refractivity contribution in [3.63, 3.8) is 0 Å². The van der Waals surface area contributed by atoms with Gasteiger partial charge in [-0.1, -0.05) is 6.92 Å². The highest BCUT2D eigenvalue weighted by molar-refractivity contribution is 6.01. The molecule has 0 radical (unpaired) electrons. The van der Waals surface area contributed by atoms with Gasteiger partial charge < -0.3 is 21.4 Å². The predicted molar refractivity (Wildman–Crippen MR) is 88.6 cm³/mol. The lowest BCUT2D eigenvalue weighted by molar-refractivity contribution is 0.739. The highest BCUT2D eigenvalue weighted by Crippen LogP contribution is 2.31. The van der Waals surface area contributed by atoms with Gasteiger partial charge in [-0.15, -0.1) is 0 Å². The Morgan fingerprint density at radius 1 is 1.18 bits per heavy atom. The van der Waals surface area contributed by atoms with Crippen LogP contribution < -0.4 is 16.4 Å². The molecule has 3 heterocycles. The van der Waals surface area contributed by atoms with Gasteiger partial charge >= 0.3 is 0 Å². The van der Waals surface area contributed by atoms with Gasteiger partial charge in [0.05, 0.1) is 11.1 Å². The van der Waals surface area contributed by atoms with Gasteiger partial charge in [-0.2, -0.15) is 0 Å². The molecule has 3 aromatic rings. The maximum Gasteiger partial charge on any atom is 0.220 e. The van der Waals surface area contributed by atoms with Crippen LogP contribution >= 0.6 is 0 Å². The topological polar surface area (TPSA) is 105 Å². The Balaban J connectivity index is 1.97. The number of nitrogens with two attached hydrogens (primary N) is 1. The maximum atomic E-state index is 5.69. The van der Waals surface area contributed by atoms with Crippen molar-refractivity contribution in [2.75, 3.05) is 30.7 Å². The third-order valence-electron chi connectivity index (χ3n) is 3.39. The average molecular weight is 297 g/mol. The van der Waals surface area contributed by atoms with Crippen LogP contribution in [0.3, 0.4) is 0 Å². The van der Waals surface area contributed by atoms with E-state index in [9.17, 15) is 0 Å². The minimum Gasteiger partial charge on any atom is -0.383 e. The lowest BCUT2D eigenvalue weighted by Gasteiger charge is -2.09. The summed E-state index contributed by atoms with van der Waals surface area (Å²) in [5, 5.41) is 7.74. The van der Waals surface area contributed by atoms with E-state index in [0.717, 1.165) is 47.6 Å². The van der Waals surface area contributed by atoms with Crippen LogP contribution in [-0.2, 0) is 0 Å². The van der Waals surface area contributed by atoms with E-state index in [0.29, 0.717) is 0 Å². The third-order valence-corrected chi connectivity index (χ3v) is 3.39. The number of pyridine rings is 1. The quantitative estimate of drug-likeness (QED) is 0.515. The summed E-state index contributed by atoms with van der Waals surface area (Å²) in [5.41, 5.74) is 9.27. The number of aromatic amines is 1. The second-order valence-corrected chi connectivity index (χ2v) is 4.86. The van der Waals surface area contributed by atoms with Gasteiger partial charge in [0.15, 0.2) is 0 Å². The van der Waals surface area contributed by atoms with Crippen molar-refractivity contribution in [2.45, 2.75) is 6.92 Å². The SMILES string of the molecule is CCNCCNc1ccnc2[nH]cc(-c3ccnc(N)n3)c12. The molecule has 7 nitrogen and oxygen atoms in total. The van der Waals surface area contributed by atoms with Crippen LogP contribution in [0.25, 0.3) is 22.3 Å². The molecule has 0 aromatic carbocycles. The molecule has 0 unspecified atom stereocenters. The molecule has 0 fully saturated rings. The molecule has 0 aliphatic rings. The summed E-state index contributed by atoms with van der Waals surface area (Å²) < 4.78 is 0. The normalized spacial score (nSPS) is 11.0. The molecule has 3 rings (SSSR count). The van der Waals surface area contributed by atoms with Gasteiger partial charge in [0.1, 0.15) is 5.65 Å². The Bertz CT molecular complexity index is 765. The number of nitrogens with zero attached hydrogens (tertiary/aromatic N) is 3. The van der Waals surface area contributed by atoms with E-state index < -0.39 is 0 Å². The fourth-order valence-electron chi connectivity index (χ4n) is 2.39. The largest absolute Gasteiger partial charge is 0.383 e. The minimum absolute atomic E-state index is 0.261. The number of rotatable bonds is 6. The van der Waals surface area contributed by atoms with Crippen molar-refractivity contribution in [2.24, 2.45) is 0 Å². The molecule has 5 N–H and O–H groups in total. The van der Waals surface area contributed by atoms with E-state index in [2.05, 4.69) is 37.5 Å². The highest BCUT2D eigenvalue weighted by Gasteiger charge is 2.12. The van der Waals surface area contributed by atoms with Crippen LogP contribution in [0.4, 0.5) is 11.6 Å². The molecule has 3 aromatic heterocycles. The van der Waals surface area contributed by atoms with E-state index >= 15 is 0 Å². The highest BCUT2D eigenvalue weighted by atomic mass is 15.0. The van der Waals surface area contributed by atoms with Gasteiger partial charge in [0.2, 0.25) is 5.95 Å². The van der Waals surface area contributed by atoms with Crippen LogP contribution in [0.5, 0.6) is 0 Å². The molecule has 0 aliphatic heterocycles. The van der Waals surface area contributed by atoms with E-state index in [1.807, 2.05) is 18.3 Å². The number of likely N-dealkylation sites (N-methyl/N-ethyl adjacent to an activating group) is 1. The molecule has 0 atom stereocenters. The van der Waals surface area contributed by atoms with E-state index in [-0.39, 0.29) is 5.95 Å². The zero-order valence-corrected chi connectivity index (χ0v) is 12.4. The second kappa shape index (κ2) is 6.40. The monoisotopic (exact) mass is 297 g/mol. The van der Waals surface area contributed by atoms with Gasteiger partial charge in [0, 0.05) is 42.9 Å². The number of aromatic nitrogens is 4. The van der Waals surface area contributed by atoms with Crippen molar-refractivity contribution in [1.82, 2.24) is 25.3 Å². The fraction of sp³-hybridized carbons (Fsp3) is 0.267. The van der Waals surface area contributed by atoms with E-state index in [1.54, 1.807) is 12.4 Å². The summed E-state index contributed by atoms with van der Waals surface area (Å²) in [7, 11) is 0. The van der Waals surface area contributed by atoms with Crippen LogP contribution in [0.1, 0.15) is 6.92 Å². The molecule has 0 spiro atoms. The zero-order valence-electron chi connectivity index (χ0n) is 12.4. The van der Waals surface area contributed by atoms with Crippen LogP contribution in [0.15, 0.2) is 30.7 Å². The molecule has 22 heavy (non-hydrogen) atoms. The van der Waals surface area contributed by atoms with Crippen molar-refractivity contribution in [1.29, 1.82) is 0 Å². The number of H-pyrrole nitrogens is 1. The zero-order chi connectivity index (χ0) is 15.4. The summed E-state index contributed by atoms with van der Waals surface area (Å²) in [6.45, 7) is 4.79. The van der Waals surface area contributed by atoms with Crippen molar-refractivity contribution in [3.05, 3.63) is 30.7 Å². The number of nitrogen functional groups attached to an aromatic ring is 1. The van der Waals surface area contributed by atoms with E-state index in [1.165, 1.54) is 0 Å². The molecule has 0 amide bonds. The molecular weight excluding hydrogens is 278 g/mol. The summed E-state index contributed by atoms with van der Waals surface area (Å²) in [5.74, 6) is 0.261. The Labute approximate surface area is 128 Å². The van der Waals surface area contributed by atoms with Crippen LogP contribution in [-0.4, -0.2) is 39.6 Å². The number of nitrogens with one attached hydrogen (secondary N) is 3. The third kappa shape index (κ3) is 2.84. The lowest BCUT2D eigenvalue weighted by Crippen LogP contribution is -2.21. The van der Waals surface area contributed by atoms with Gasteiger partial charge in [-0.3, -0.25) is 0 Å². The number of fused-ring (bicyclic) bond motifs is 1. The minimum atomic E-state index is 0.261. The Hall–Kier alpha value is -2.67. The first-order chi connectivity index (χ1) is 10.8. The van der Waals surface area contributed by atoms with Crippen LogP contribution in [0.2, 0.25) is 0 Å². The number of hydrogen-bond acceptors (Lipinski definition) is 6. The molecule has 7 heteroatoms. The fourth-order valence-corrected chi connectivity index (χ4v) is 2.39. The van der Waals surface area contributed by atoms with Crippen LogP contribution in [0, 0.1) is 0 Å². The summed E-state index contributed by atoms with van der Waals surface area (Å²) >= 11 is 0. The first kappa shape index (κ1) is 14.3. The smallest absolute Gasteiger partial charge is 0.220 e. The molecule has 0 saturated carbocycles. The molecule has 0 saturated heterocycles. The molecule has 0 bridgehead atoms. The number of anilines is 2. The van der Waals surface area contributed by atoms with Gasteiger partial charge in [-0.25, -0.2) is 15.0 Å². The Morgan fingerprint density at radius 2 is 2.05 bits per heavy atom. The van der Waals surface area contributed by atoms with Gasteiger partial charge in [-0.05, 0) is 18.7 Å². The van der Waals surface area contributed by atoms with Gasteiger partial charge in [0.25, 0.3) is 0 Å². The first-order valence-electron chi connectivity index (χ1n) is 7.29. The van der Waals surface area contributed by atoms with Crippen molar-refractivity contribution in [3.8, 4) is 11.3 Å². The Morgan fingerprint density at radius 3 is 2.86 bits per heavy atom. The average Bonchev–Trinajstić information content (AvgIpc) is 2.96. The Kier molecular flexibility index (Phi) is 4.15. The number of hydrogen-bond donors (Lipinski definition) is 4. The lowest BCUT2D eigenvalue weighted by atomic mass is 10.1. The van der Waals surface area contributed by atoms with E-state index in [4.69, 9.17) is 5.73 Å². The maximum absolute atomic E-state index is 5.69. The first-order valence-corrected chi connectivity index (χ1v) is 7.29. The summed E-state index contributed by atoms with van der Waals surface area (Å²) in [6, 6.07) is 3.81. The second-order valence-electron chi connectivity index (χ2n) is 4.86. The van der Waals surface area contributed by atoms with Crippen molar-refractivity contribution < 1.29 is 0 Å².